The molecule has 0 radical (unpaired) electrons. The highest BCUT2D eigenvalue weighted by atomic mass is 16.3. The second-order valence-corrected chi connectivity index (χ2v) is 11.4. The van der Waals surface area contributed by atoms with Crippen LogP contribution in [0.4, 0.5) is 0 Å². The Morgan fingerprint density at radius 2 is 1.22 bits per heavy atom. The van der Waals surface area contributed by atoms with Crippen LogP contribution in [-0.4, -0.2) is 19.5 Å². The zero-order valence-electron chi connectivity index (χ0n) is 38.9. The molecule has 0 aliphatic rings. The Balaban J connectivity index is 1.35. The maximum absolute atomic E-state index is 9.44. The molecule has 5 nitrogen and oxygen atoms in total. The van der Waals surface area contributed by atoms with Crippen LogP contribution in [0.3, 0.4) is 0 Å². The summed E-state index contributed by atoms with van der Waals surface area (Å²) in [6.07, 6.45) is 0. The van der Waals surface area contributed by atoms with Gasteiger partial charge in [0.1, 0.15) is 11.2 Å². The molecule has 234 valence electrons. The van der Waals surface area contributed by atoms with Crippen molar-refractivity contribution < 1.29 is 22.2 Å². The first-order valence-electron chi connectivity index (χ1n) is 22.1. The Kier molecular flexibility index (Phi) is 4.12. The van der Waals surface area contributed by atoms with E-state index in [9.17, 15) is 4.11 Å². The summed E-state index contributed by atoms with van der Waals surface area (Å²) in [6, 6.07) is 20.2. The van der Waals surface area contributed by atoms with Crippen LogP contribution in [0, 0.1) is 0 Å². The molecule has 0 saturated carbocycles. The summed E-state index contributed by atoms with van der Waals surface area (Å²) in [7, 11) is 0. The number of fused-ring (bicyclic) bond motifs is 6. The van der Waals surface area contributed by atoms with Gasteiger partial charge in [0.2, 0.25) is 0 Å². The molecule has 0 saturated heterocycles. The van der Waals surface area contributed by atoms with Gasteiger partial charge >= 0.3 is 0 Å². The lowest BCUT2D eigenvalue weighted by Crippen LogP contribution is -2.00. The van der Waals surface area contributed by atoms with Gasteiger partial charge in [-0.15, -0.1) is 0 Å². The fourth-order valence-corrected chi connectivity index (χ4v) is 6.43. The Labute approximate surface area is 306 Å². The lowest BCUT2D eigenvalue weighted by Gasteiger charge is -2.09. The van der Waals surface area contributed by atoms with Crippen molar-refractivity contribution in [3.8, 4) is 51.0 Å². The maximum Gasteiger partial charge on any atom is 0.167 e. The van der Waals surface area contributed by atoms with Crippen LogP contribution in [0.2, 0.25) is 0 Å². The summed E-state index contributed by atoms with van der Waals surface area (Å²) >= 11 is 0. The molecule has 3 heterocycles. The standard InChI is InChI=1S/C45H28N4O/c1-4-15-29(16-5-1)43-46-44(30-17-6-2-7-18-30)48-45(47-43)36-25-12-24-35-41-33(23-14-28-39(41)50-42(35)36)32-22-13-27-38-40(32)34-21-10-11-26-37(34)49(38)31-19-8-3-9-20-31/h1-28H/i1D,4D,5D,10D,12D,14D,15D,16D,23D,24D,26D,27D,28D. The number of furan rings is 1. The molecule has 0 fully saturated rings. The Morgan fingerprint density at radius 1 is 0.460 bits per heavy atom. The first kappa shape index (κ1) is 18.1. The van der Waals surface area contributed by atoms with E-state index in [1.807, 2.05) is 30.3 Å². The number of rotatable bonds is 5. The van der Waals surface area contributed by atoms with Crippen LogP contribution < -0.4 is 0 Å². The van der Waals surface area contributed by atoms with Crippen molar-refractivity contribution in [1.82, 2.24) is 19.5 Å². The van der Waals surface area contributed by atoms with Crippen molar-refractivity contribution in [3.05, 3.63) is 170 Å². The van der Waals surface area contributed by atoms with E-state index in [0.29, 0.717) is 38.6 Å². The van der Waals surface area contributed by atoms with Crippen molar-refractivity contribution >= 4 is 43.7 Å². The van der Waals surface area contributed by atoms with Crippen molar-refractivity contribution in [2.45, 2.75) is 0 Å². The third kappa shape index (κ3) is 4.45. The van der Waals surface area contributed by atoms with Gasteiger partial charge in [0, 0.05) is 38.4 Å². The van der Waals surface area contributed by atoms with E-state index in [1.165, 1.54) is 18.2 Å². The smallest absolute Gasteiger partial charge is 0.167 e. The molecule has 0 bridgehead atoms. The molecule has 5 heteroatoms. The third-order valence-corrected chi connectivity index (χ3v) is 8.56. The summed E-state index contributed by atoms with van der Waals surface area (Å²) in [5.41, 5.74) is 1.63. The molecular weight excluding hydrogens is 613 g/mol. The van der Waals surface area contributed by atoms with Gasteiger partial charge in [-0.1, -0.05) is 133 Å². The first-order valence-corrected chi connectivity index (χ1v) is 15.6. The predicted octanol–water partition coefficient (Wildman–Crippen LogP) is 11.5. The van der Waals surface area contributed by atoms with E-state index in [-0.39, 0.29) is 86.3 Å². The van der Waals surface area contributed by atoms with Gasteiger partial charge in [0.15, 0.2) is 17.5 Å². The minimum Gasteiger partial charge on any atom is -0.455 e. The molecule has 10 aromatic rings. The minimum absolute atomic E-state index is 0.0164. The fraction of sp³-hybridized carbons (Fsp3) is 0. The molecule has 7 aromatic carbocycles. The van der Waals surface area contributed by atoms with Gasteiger partial charge in [0.25, 0.3) is 0 Å². The fourth-order valence-electron chi connectivity index (χ4n) is 6.43. The molecule has 0 spiro atoms. The van der Waals surface area contributed by atoms with Crippen molar-refractivity contribution in [1.29, 1.82) is 0 Å². The average Bonchev–Trinajstić information content (AvgIpc) is 3.85. The highest BCUT2D eigenvalue weighted by Gasteiger charge is 2.22. The average molecular weight is 654 g/mol. The van der Waals surface area contributed by atoms with E-state index < -0.39 is 48.3 Å². The zero-order chi connectivity index (χ0) is 44.3. The van der Waals surface area contributed by atoms with Crippen LogP contribution >= 0.6 is 0 Å². The second kappa shape index (κ2) is 11.4. The van der Waals surface area contributed by atoms with Crippen LogP contribution in [-0.2, 0) is 0 Å². The number of para-hydroxylation sites is 3. The minimum atomic E-state index is -0.607. The van der Waals surface area contributed by atoms with Gasteiger partial charge in [-0.05, 0) is 47.5 Å². The van der Waals surface area contributed by atoms with E-state index in [0.717, 1.165) is 0 Å². The third-order valence-electron chi connectivity index (χ3n) is 8.56. The normalized spacial score (nSPS) is 15.2. The molecule has 0 atom stereocenters. The number of benzene rings is 7. The monoisotopic (exact) mass is 653 g/mol. The molecule has 0 N–H and O–H groups in total. The van der Waals surface area contributed by atoms with Crippen LogP contribution in [0.1, 0.15) is 17.8 Å². The topological polar surface area (TPSA) is 56.7 Å². The summed E-state index contributed by atoms with van der Waals surface area (Å²) in [6.45, 7) is 0. The van der Waals surface area contributed by atoms with Crippen LogP contribution in [0.5, 0.6) is 0 Å². The number of nitrogens with zero attached hydrogens (tertiary/aromatic N) is 4. The molecule has 0 aliphatic heterocycles. The molecule has 0 amide bonds. The SMILES string of the molecule is [2H]c1cc([2H])c2c(c1)c1c(-c3c([2H])c([2H])c([2H])c4oc5c(-c6nc(-c7ccccc7)nc(-c7c([2H])c([2H])c([2H])c([2H])c7[2H])n6)cc([2H])c([2H])c5c34)ccc([2H])c1n2-c1ccccc1. The molecule has 10 rings (SSSR count). The van der Waals surface area contributed by atoms with Crippen molar-refractivity contribution in [3.63, 3.8) is 0 Å². The predicted molar refractivity (Wildman–Crippen MR) is 203 cm³/mol. The number of hydrogen-bond donors (Lipinski definition) is 0. The van der Waals surface area contributed by atoms with E-state index >= 15 is 0 Å². The zero-order valence-corrected chi connectivity index (χ0v) is 25.9. The molecule has 0 unspecified atom stereocenters. The highest BCUT2D eigenvalue weighted by molar-refractivity contribution is 6.21. The Bertz CT molecular complexity index is 3580. The van der Waals surface area contributed by atoms with Crippen molar-refractivity contribution in [2.75, 3.05) is 0 Å². The Morgan fingerprint density at radius 3 is 2.06 bits per heavy atom. The largest absolute Gasteiger partial charge is 0.455 e. The van der Waals surface area contributed by atoms with Crippen molar-refractivity contribution in [2.24, 2.45) is 0 Å². The van der Waals surface area contributed by atoms with E-state index in [1.54, 1.807) is 47.0 Å². The molecule has 50 heavy (non-hydrogen) atoms. The molecule has 0 aliphatic carbocycles. The summed E-state index contributed by atoms with van der Waals surface area (Å²) in [4.78, 5) is 13.9. The molecule has 3 aromatic heterocycles. The van der Waals surface area contributed by atoms with E-state index in [4.69, 9.17) is 23.1 Å². The lowest BCUT2D eigenvalue weighted by molar-refractivity contribution is 0.669. The van der Waals surface area contributed by atoms with Gasteiger partial charge in [-0.2, -0.15) is 0 Å². The quantitative estimate of drug-likeness (QED) is 0.185. The van der Waals surface area contributed by atoms with Gasteiger partial charge in [-0.3, -0.25) is 0 Å². The Hall–Kier alpha value is -6.85. The van der Waals surface area contributed by atoms with Crippen LogP contribution in [0.25, 0.3) is 94.7 Å². The van der Waals surface area contributed by atoms with Crippen LogP contribution in [0.15, 0.2) is 174 Å². The van der Waals surface area contributed by atoms with Gasteiger partial charge < -0.3 is 8.98 Å². The van der Waals surface area contributed by atoms with E-state index in [2.05, 4.69) is 9.97 Å². The second-order valence-electron chi connectivity index (χ2n) is 11.4. The summed E-state index contributed by atoms with van der Waals surface area (Å²) in [5, 5.41) is 0.830. The highest BCUT2D eigenvalue weighted by Crippen LogP contribution is 2.44. The maximum atomic E-state index is 9.44. The lowest BCUT2D eigenvalue weighted by atomic mass is 9.95. The number of hydrogen-bond acceptors (Lipinski definition) is 4. The first-order chi connectivity index (χ1) is 30.2. The van der Waals surface area contributed by atoms with Gasteiger partial charge in [0.05, 0.1) is 34.4 Å². The summed E-state index contributed by atoms with van der Waals surface area (Å²) < 4.78 is 123. The van der Waals surface area contributed by atoms with Gasteiger partial charge in [-0.25, -0.2) is 15.0 Å². The number of aromatic nitrogens is 4. The molecular formula is C45H28N4O. The summed E-state index contributed by atoms with van der Waals surface area (Å²) in [5.74, 6) is -0.390.